The van der Waals surface area contributed by atoms with Gasteiger partial charge in [0.2, 0.25) is 0 Å². The lowest BCUT2D eigenvalue weighted by atomic mass is 9.76. The maximum atomic E-state index is 11.2. The van der Waals surface area contributed by atoms with Crippen molar-refractivity contribution in [1.29, 1.82) is 0 Å². The minimum Gasteiger partial charge on any atom is -0.479 e. The summed E-state index contributed by atoms with van der Waals surface area (Å²) in [6.45, 7) is 0. The van der Waals surface area contributed by atoms with Crippen LogP contribution in [0.15, 0.2) is 9.59 Å². The minimum absolute atomic E-state index is 0.323. The van der Waals surface area contributed by atoms with Crippen molar-refractivity contribution in [3.05, 3.63) is 21.0 Å². The molecule has 0 spiro atoms. The number of carbonyl (C=O) groups is 1. The average Bonchev–Trinajstić information content (AvgIpc) is 2.33. The van der Waals surface area contributed by atoms with Gasteiger partial charge in [0.15, 0.2) is 5.54 Å². The van der Waals surface area contributed by atoms with E-state index in [2.05, 4.69) is 10.2 Å². The fourth-order valence-corrected chi connectivity index (χ4v) is 1.74. The SMILES string of the molecule is O=C(O)C1(n2c(=O)[nH][nH]c2=O)CCC1. The first-order chi connectivity index (χ1) is 6.58. The van der Waals surface area contributed by atoms with Crippen LogP contribution in [0.25, 0.3) is 0 Å². The van der Waals surface area contributed by atoms with Gasteiger partial charge >= 0.3 is 17.3 Å². The van der Waals surface area contributed by atoms with Crippen molar-refractivity contribution in [1.82, 2.24) is 14.8 Å². The molecule has 1 aromatic rings. The molecule has 0 aromatic carbocycles. The van der Waals surface area contributed by atoms with Gasteiger partial charge in [-0.15, -0.1) is 0 Å². The Morgan fingerprint density at radius 1 is 1.29 bits per heavy atom. The van der Waals surface area contributed by atoms with E-state index in [1.165, 1.54) is 0 Å². The summed E-state index contributed by atoms with van der Waals surface area (Å²) in [7, 11) is 0. The lowest BCUT2D eigenvalue weighted by Crippen LogP contribution is -2.55. The Bertz CT molecular complexity index is 448. The lowest BCUT2D eigenvalue weighted by molar-refractivity contribution is -0.152. The van der Waals surface area contributed by atoms with E-state index in [0.29, 0.717) is 19.3 Å². The molecule has 0 unspecified atom stereocenters. The number of aromatic nitrogens is 3. The number of carboxylic acids is 1. The third kappa shape index (κ3) is 0.889. The number of H-pyrrole nitrogens is 2. The van der Waals surface area contributed by atoms with Crippen LogP contribution in [-0.4, -0.2) is 25.8 Å². The van der Waals surface area contributed by atoms with Crippen LogP contribution < -0.4 is 11.4 Å². The summed E-state index contributed by atoms with van der Waals surface area (Å²) < 4.78 is 0.749. The third-order valence-electron chi connectivity index (χ3n) is 2.69. The van der Waals surface area contributed by atoms with Crippen molar-refractivity contribution in [2.45, 2.75) is 24.8 Å². The predicted octanol–water partition coefficient (Wildman–Crippen LogP) is -1.17. The Morgan fingerprint density at radius 2 is 1.79 bits per heavy atom. The molecule has 0 amide bonds. The van der Waals surface area contributed by atoms with Gasteiger partial charge in [0.05, 0.1) is 0 Å². The fourth-order valence-electron chi connectivity index (χ4n) is 1.74. The molecule has 7 heteroatoms. The summed E-state index contributed by atoms with van der Waals surface area (Å²) in [5, 5.41) is 13.1. The maximum absolute atomic E-state index is 11.2. The highest BCUT2D eigenvalue weighted by Gasteiger charge is 2.48. The van der Waals surface area contributed by atoms with Gasteiger partial charge in [-0.05, 0) is 19.3 Å². The Labute approximate surface area is 77.4 Å². The molecule has 76 valence electrons. The molecule has 1 heterocycles. The quantitative estimate of drug-likeness (QED) is 0.557. The Hall–Kier alpha value is -1.79. The summed E-state index contributed by atoms with van der Waals surface area (Å²) in [6.07, 6.45) is 1.36. The molecule has 0 saturated heterocycles. The smallest absolute Gasteiger partial charge is 0.345 e. The number of carboxylic acid groups (broad SMARTS) is 1. The van der Waals surface area contributed by atoms with Gasteiger partial charge in [0.1, 0.15) is 0 Å². The normalized spacial score (nSPS) is 18.9. The summed E-state index contributed by atoms with van der Waals surface area (Å²) >= 11 is 0. The van der Waals surface area contributed by atoms with Crippen LogP contribution in [-0.2, 0) is 10.3 Å². The molecular weight excluding hydrogens is 190 g/mol. The van der Waals surface area contributed by atoms with Gasteiger partial charge in [-0.3, -0.25) is 0 Å². The van der Waals surface area contributed by atoms with E-state index in [1.54, 1.807) is 0 Å². The van der Waals surface area contributed by atoms with Crippen molar-refractivity contribution in [2.24, 2.45) is 0 Å². The largest absolute Gasteiger partial charge is 0.479 e. The van der Waals surface area contributed by atoms with Crippen molar-refractivity contribution >= 4 is 5.97 Å². The van der Waals surface area contributed by atoms with E-state index in [4.69, 9.17) is 5.11 Å². The minimum atomic E-state index is -1.33. The van der Waals surface area contributed by atoms with E-state index in [9.17, 15) is 14.4 Å². The molecule has 0 bridgehead atoms. The van der Waals surface area contributed by atoms with Gasteiger partial charge in [0, 0.05) is 0 Å². The predicted molar refractivity (Wildman–Crippen MR) is 45.1 cm³/mol. The second kappa shape index (κ2) is 2.60. The van der Waals surface area contributed by atoms with Crippen molar-refractivity contribution in [3.8, 4) is 0 Å². The number of aliphatic carboxylic acids is 1. The van der Waals surface area contributed by atoms with Crippen LogP contribution in [0.1, 0.15) is 19.3 Å². The van der Waals surface area contributed by atoms with E-state index in [-0.39, 0.29) is 0 Å². The third-order valence-corrected chi connectivity index (χ3v) is 2.69. The Morgan fingerprint density at radius 3 is 2.07 bits per heavy atom. The standard InChI is InChI=1S/C7H9N3O4/c11-4(12)7(2-1-3-7)10-5(13)8-9-6(10)14/h1-3H2,(H,8,13)(H,9,14)(H,11,12). The van der Waals surface area contributed by atoms with E-state index in [1.807, 2.05) is 0 Å². The molecule has 1 fully saturated rings. The molecule has 2 rings (SSSR count). The number of hydrogen-bond acceptors (Lipinski definition) is 3. The topological polar surface area (TPSA) is 108 Å². The van der Waals surface area contributed by atoms with Gasteiger partial charge in [-0.25, -0.2) is 29.1 Å². The van der Waals surface area contributed by atoms with Crippen LogP contribution in [0.4, 0.5) is 0 Å². The first-order valence-corrected chi connectivity index (χ1v) is 4.21. The van der Waals surface area contributed by atoms with Crippen LogP contribution >= 0.6 is 0 Å². The van der Waals surface area contributed by atoms with Gasteiger partial charge in [-0.2, -0.15) is 0 Å². The Kier molecular flexibility index (Phi) is 1.63. The molecule has 0 radical (unpaired) electrons. The number of aromatic amines is 2. The van der Waals surface area contributed by atoms with Crippen LogP contribution in [0.3, 0.4) is 0 Å². The summed E-state index contributed by atoms with van der Waals surface area (Å²) in [4.78, 5) is 33.4. The molecule has 1 aliphatic carbocycles. The Balaban J connectivity index is 2.63. The van der Waals surface area contributed by atoms with E-state index >= 15 is 0 Å². The molecule has 7 nitrogen and oxygen atoms in total. The van der Waals surface area contributed by atoms with Crippen LogP contribution in [0, 0.1) is 0 Å². The fraction of sp³-hybridized carbons (Fsp3) is 0.571. The van der Waals surface area contributed by atoms with Crippen LogP contribution in [0.5, 0.6) is 0 Å². The monoisotopic (exact) mass is 199 g/mol. The highest BCUT2D eigenvalue weighted by atomic mass is 16.4. The number of rotatable bonds is 2. The number of hydrogen-bond donors (Lipinski definition) is 3. The zero-order valence-corrected chi connectivity index (χ0v) is 7.24. The first kappa shape index (κ1) is 8.79. The maximum Gasteiger partial charge on any atom is 0.345 e. The van der Waals surface area contributed by atoms with Crippen molar-refractivity contribution in [2.75, 3.05) is 0 Å². The van der Waals surface area contributed by atoms with Crippen molar-refractivity contribution < 1.29 is 9.90 Å². The molecule has 0 atom stereocenters. The zero-order valence-electron chi connectivity index (χ0n) is 7.24. The van der Waals surface area contributed by atoms with Gasteiger partial charge in [0.25, 0.3) is 0 Å². The average molecular weight is 199 g/mol. The second-order valence-electron chi connectivity index (χ2n) is 3.39. The number of nitrogens with one attached hydrogen (secondary N) is 2. The number of nitrogens with zero attached hydrogens (tertiary/aromatic N) is 1. The van der Waals surface area contributed by atoms with E-state index in [0.717, 1.165) is 4.57 Å². The van der Waals surface area contributed by atoms with Gasteiger partial charge < -0.3 is 5.11 Å². The molecule has 1 saturated carbocycles. The van der Waals surface area contributed by atoms with Gasteiger partial charge in [-0.1, -0.05) is 0 Å². The molecule has 1 aliphatic rings. The molecular formula is C7H9N3O4. The molecule has 0 aliphatic heterocycles. The summed E-state index contributed by atoms with van der Waals surface area (Å²) in [6, 6.07) is 0. The molecule has 14 heavy (non-hydrogen) atoms. The van der Waals surface area contributed by atoms with Crippen molar-refractivity contribution in [3.63, 3.8) is 0 Å². The first-order valence-electron chi connectivity index (χ1n) is 4.21. The highest BCUT2D eigenvalue weighted by Crippen LogP contribution is 2.37. The second-order valence-corrected chi connectivity index (χ2v) is 3.39. The van der Waals surface area contributed by atoms with Crippen LogP contribution in [0.2, 0.25) is 0 Å². The molecule has 3 N–H and O–H groups in total. The molecule has 1 aromatic heterocycles. The summed E-state index contributed by atoms with van der Waals surface area (Å²) in [5.74, 6) is -1.13. The lowest BCUT2D eigenvalue weighted by Gasteiger charge is -2.36. The highest BCUT2D eigenvalue weighted by molar-refractivity contribution is 5.77. The zero-order chi connectivity index (χ0) is 10.3. The van der Waals surface area contributed by atoms with E-state index < -0.39 is 22.9 Å². The summed E-state index contributed by atoms with van der Waals surface area (Å²) in [5.41, 5.74) is -2.72.